The van der Waals surface area contributed by atoms with Gasteiger partial charge in [-0.1, -0.05) is 25.3 Å². The van der Waals surface area contributed by atoms with Gasteiger partial charge < -0.3 is 20.9 Å². The van der Waals surface area contributed by atoms with Crippen molar-refractivity contribution in [1.29, 1.82) is 0 Å². The van der Waals surface area contributed by atoms with Crippen LogP contribution in [0, 0.1) is 0 Å². The van der Waals surface area contributed by atoms with Crippen LogP contribution in [0.25, 0.3) is 0 Å². The molecule has 1 aromatic rings. The molecule has 0 radical (unpaired) electrons. The van der Waals surface area contributed by atoms with Crippen molar-refractivity contribution in [1.82, 2.24) is 5.32 Å². The maximum Gasteiger partial charge on any atom is 0.255 e. The van der Waals surface area contributed by atoms with Gasteiger partial charge in [0, 0.05) is 6.54 Å². The van der Waals surface area contributed by atoms with Crippen molar-refractivity contribution in [3.05, 3.63) is 23.8 Å². The van der Waals surface area contributed by atoms with Gasteiger partial charge in [0.2, 0.25) is 0 Å². The number of anilines is 1. The molecule has 1 fully saturated rings. The Hall–Kier alpha value is -1.75. The van der Waals surface area contributed by atoms with Crippen molar-refractivity contribution in [3.63, 3.8) is 0 Å². The lowest BCUT2D eigenvalue weighted by molar-refractivity contribution is 0.00523. The Kier molecular flexibility index (Phi) is 4.49. The Morgan fingerprint density at radius 2 is 2.10 bits per heavy atom. The summed E-state index contributed by atoms with van der Waals surface area (Å²) in [5.74, 6) is 0.105. The SMILES string of the molecule is COc1c(N)cccc1C(=O)NCC1(O)CCCCC1. The predicted molar refractivity (Wildman–Crippen MR) is 77.8 cm³/mol. The van der Waals surface area contributed by atoms with E-state index in [1.807, 2.05) is 0 Å². The van der Waals surface area contributed by atoms with Crippen LogP contribution in [0.4, 0.5) is 5.69 Å². The van der Waals surface area contributed by atoms with E-state index < -0.39 is 5.60 Å². The molecular weight excluding hydrogens is 256 g/mol. The number of nitrogen functional groups attached to an aromatic ring is 1. The zero-order chi connectivity index (χ0) is 14.6. The Balaban J connectivity index is 2.03. The summed E-state index contributed by atoms with van der Waals surface area (Å²) in [5, 5.41) is 13.2. The van der Waals surface area contributed by atoms with E-state index in [1.54, 1.807) is 18.2 Å². The Bertz CT molecular complexity index is 482. The van der Waals surface area contributed by atoms with Crippen molar-refractivity contribution in [2.75, 3.05) is 19.4 Å². The molecule has 0 bridgehead atoms. The van der Waals surface area contributed by atoms with Crippen LogP contribution in [0.3, 0.4) is 0 Å². The monoisotopic (exact) mass is 278 g/mol. The van der Waals surface area contributed by atoms with Crippen molar-refractivity contribution >= 4 is 11.6 Å². The maximum atomic E-state index is 12.2. The zero-order valence-electron chi connectivity index (χ0n) is 11.8. The normalized spacial score (nSPS) is 17.5. The van der Waals surface area contributed by atoms with E-state index in [-0.39, 0.29) is 12.5 Å². The first kappa shape index (κ1) is 14.7. The van der Waals surface area contributed by atoms with Gasteiger partial charge in [0.1, 0.15) is 0 Å². The van der Waals surface area contributed by atoms with E-state index in [4.69, 9.17) is 10.5 Å². The third-order valence-electron chi connectivity index (χ3n) is 3.86. The predicted octanol–water partition coefficient (Wildman–Crippen LogP) is 1.70. The number of aliphatic hydroxyl groups is 1. The van der Waals surface area contributed by atoms with Gasteiger partial charge in [0.25, 0.3) is 5.91 Å². The van der Waals surface area contributed by atoms with Gasteiger partial charge in [-0.25, -0.2) is 0 Å². The molecule has 1 saturated carbocycles. The molecule has 2 rings (SSSR count). The maximum absolute atomic E-state index is 12.2. The first-order chi connectivity index (χ1) is 9.56. The van der Waals surface area contributed by atoms with Crippen LogP contribution in [0.5, 0.6) is 5.75 Å². The molecule has 5 heteroatoms. The molecule has 5 nitrogen and oxygen atoms in total. The number of amides is 1. The number of benzene rings is 1. The summed E-state index contributed by atoms with van der Waals surface area (Å²) in [6.45, 7) is 0.268. The van der Waals surface area contributed by atoms with Gasteiger partial charge in [-0.15, -0.1) is 0 Å². The summed E-state index contributed by atoms with van der Waals surface area (Å²) >= 11 is 0. The molecule has 20 heavy (non-hydrogen) atoms. The molecule has 0 aliphatic heterocycles. The summed E-state index contributed by atoms with van der Waals surface area (Å²) in [4.78, 5) is 12.2. The van der Waals surface area contributed by atoms with Crippen LogP contribution in [0.1, 0.15) is 42.5 Å². The Labute approximate surface area is 119 Å². The largest absolute Gasteiger partial charge is 0.494 e. The average molecular weight is 278 g/mol. The summed E-state index contributed by atoms with van der Waals surface area (Å²) in [6.07, 6.45) is 4.64. The Morgan fingerprint density at radius 1 is 1.40 bits per heavy atom. The fourth-order valence-corrected chi connectivity index (χ4v) is 2.69. The number of carbonyl (C=O) groups is 1. The average Bonchev–Trinajstić information content (AvgIpc) is 2.45. The van der Waals surface area contributed by atoms with Crippen molar-refractivity contribution in [2.45, 2.75) is 37.7 Å². The number of para-hydroxylation sites is 1. The summed E-state index contributed by atoms with van der Waals surface area (Å²) < 4.78 is 5.17. The zero-order valence-corrected chi connectivity index (χ0v) is 11.8. The second kappa shape index (κ2) is 6.13. The minimum Gasteiger partial charge on any atom is -0.494 e. The number of hydrogen-bond donors (Lipinski definition) is 3. The summed E-state index contributed by atoms with van der Waals surface area (Å²) in [7, 11) is 1.48. The van der Waals surface area contributed by atoms with Gasteiger partial charge in [-0.05, 0) is 25.0 Å². The lowest BCUT2D eigenvalue weighted by Gasteiger charge is -2.32. The molecule has 4 N–H and O–H groups in total. The number of rotatable bonds is 4. The summed E-state index contributed by atoms with van der Waals surface area (Å²) in [5.41, 5.74) is 5.83. The quantitative estimate of drug-likeness (QED) is 0.732. The number of nitrogens with two attached hydrogens (primary N) is 1. The molecule has 1 aliphatic carbocycles. The van der Waals surface area contributed by atoms with E-state index in [2.05, 4.69) is 5.32 Å². The lowest BCUT2D eigenvalue weighted by Crippen LogP contribution is -2.44. The smallest absolute Gasteiger partial charge is 0.255 e. The van der Waals surface area contributed by atoms with E-state index in [0.29, 0.717) is 17.0 Å². The van der Waals surface area contributed by atoms with Gasteiger partial charge in [0.15, 0.2) is 5.75 Å². The number of nitrogens with one attached hydrogen (secondary N) is 1. The molecular formula is C15H22N2O3. The van der Waals surface area contributed by atoms with Crippen LogP contribution in [-0.4, -0.2) is 30.3 Å². The number of carbonyl (C=O) groups excluding carboxylic acids is 1. The van der Waals surface area contributed by atoms with Crippen molar-refractivity contribution in [3.8, 4) is 5.75 Å². The number of ether oxygens (including phenoxy) is 1. The first-order valence-corrected chi connectivity index (χ1v) is 6.99. The fraction of sp³-hybridized carbons (Fsp3) is 0.533. The number of methoxy groups -OCH3 is 1. The van der Waals surface area contributed by atoms with Gasteiger partial charge in [-0.2, -0.15) is 0 Å². The standard InChI is InChI=1S/C15H22N2O3/c1-20-13-11(6-5-7-12(13)16)14(18)17-10-15(19)8-3-2-4-9-15/h5-7,19H,2-4,8-10,16H2,1H3,(H,17,18). The highest BCUT2D eigenvalue weighted by Gasteiger charge is 2.29. The number of hydrogen-bond acceptors (Lipinski definition) is 4. The van der Waals surface area contributed by atoms with Crippen LogP contribution < -0.4 is 15.8 Å². The second-order valence-electron chi connectivity index (χ2n) is 5.40. The summed E-state index contributed by atoms with van der Waals surface area (Å²) in [6, 6.07) is 5.06. The van der Waals surface area contributed by atoms with Crippen LogP contribution >= 0.6 is 0 Å². The van der Waals surface area contributed by atoms with Crippen LogP contribution in [0.15, 0.2) is 18.2 Å². The fourth-order valence-electron chi connectivity index (χ4n) is 2.69. The molecule has 0 heterocycles. The highest BCUT2D eigenvalue weighted by molar-refractivity contribution is 5.98. The molecule has 1 amide bonds. The lowest BCUT2D eigenvalue weighted by atomic mass is 9.85. The van der Waals surface area contributed by atoms with Crippen LogP contribution in [-0.2, 0) is 0 Å². The minimum atomic E-state index is -0.776. The highest BCUT2D eigenvalue weighted by atomic mass is 16.5. The van der Waals surface area contributed by atoms with Gasteiger partial charge >= 0.3 is 0 Å². The molecule has 1 aromatic carbocycles. The molecule has 0 saturated heterocycles. The first-order valence-electron chi connectivity index (χ1n) is 6.99. The molecule has 1 aliphatic rings. The van der Waals surface area contributed by atoms with Gasteiger partial charge in [-0.3, -0.25) is 4.79 Å². The van der Waals surface area contributed by atoms with Crippen molar-refractivity contribution < 1.29 is 14.6 Å². The molecule has 0 aromatic heterocycles. The van der Waals surface area contributed by atoms with E-state index >= 15 is 0 Å². The van der Waals surface area contributed by atoms with E-state index in [1.165, 1.54) is 7.11 Å². The second-order valence-corrected chi connectivity index (χ2v) is 5.40. The molecule has 0 spiro atoms. The third-order valence-corrected chi connectivity index (χ3v) is 3.86. The molecule has 0 unspecified atom stereocenters. The van der Waals surface area contributed by atoms with E-state index in [0.717, 1.165) is 32.1 Å². The molecule has 0 atom stereocenters. The third kappa shape index (κ3) is 3.22. The Morgan fingerprint density at radius 3 is 2.75 bits per heavy atom. The highest BCUT2D eigenvalue weighted by Crippen LogP contribution is 2.28. The minimum absolute atomic E-state index is 0.268. The van der Waals surface area contributed by atoms with Gasteiger partial charge in [0.05, 0.1) is 24.0 Å². The van der Waals surface area contributed by atoms with Crippen LogP contribution in [0.2, 0.25) is 0 Å². The molecule has 110 valence electrons. The van der Waals surface area contributed by atoms with Crippen molar-refractivity contribution in [2.24, 2.45) is 0 Å². The topological polar surface area (TPSA) is 84.6 Å². The van der Waals surface area contributed by atoms with E-state index in [9.17, 15) is 9.90 Å².